The van der Waals surface area contributed by atoms with E-state index < -0.39 is 0 Å². The van der Waals surface area contributed by atoms with E-state index in [2.05, 4.69) is 5.32 Å². The zero-order valence-electron chi connectivity index (χ0n) is 13.7. The summed E-state index contributed by atoms with van der Waals surface area (Å²) in [6, 6.07) is 23.8. The van der Waals surface area contributed by atoms with Crippen LogP contribution in [0.2, 0.25) is 0 Å². The Morgan fingerprint density at radius 3 is 1.84 bits per heavy atom. The first kappa shape index (κ1) is 16.5. The first-order valence-electron chi connectivity index (χ1n) is 7.82. The van der Waals surface area contributed by atoms with Gasteiger partial charge in [-0.25, -0.2) is 4.79 Å². The number of ether oxygens (including phenoxy) is 1. The van der Waals surface area contributed by atoms with E-state index in [0.717, 1.165) is 16.8 Å². The fraction of sp³-hybridized carbons (Fsp3) is 0.0476. The molecule has 0 saturated heterocycles. The molecule has 0 bridgehead atoms. The lowest BCUT2D eigenvalue weighted by Crippen LogP contribution is -2.11. The average Bonchev–Trinajstić information content (AvgIpc) is 2.69. The maximum atomic E-state index is 12.1. The van der Waals surface area contributed by atoms with Gasteiger partial charge in [0.25, 0.3) is 5.91 Å². The number of nitrogens with one attached hydrogen (secondary N) is 1. The van der Waals surface area contributed by atoms with E-state index in [1.54, 1.807) is 24.3 Å². The molecule has 0 aliphatic carbocycles. The normalized spacial score (nSPS) is 10.1. The number of hydrogen-bond donors (Lipinski definition) is 1. The maximum Gasteiger partial charge on any atom is 0.337 e. The minimum absolute atomic E-state index is 0.143. The molecule has 0 saturated carbocycles. The van der Waals surface area contributed by atoms with Crippen LogP contribution >= 0.6 is 0 Å². The molecule has 124 valence electrons. The van der Waals surface area contributed by atoms with Gasteiger partial charge in [-0.2, -0.15) is 0 Å². The molecule has 0 unspecified atom stereocenters. The molecule has 0 atom stereocenters. The number of anilines is 1. The van der Waals surface area contributed by atoms with Crippen LogP contribution in [-0.2, 0) is 4.74 Å². The Labute approximate surface area is 146 Å². The molecule has 1 amide bonds. The highest BCUT2D eigenvalue weighted by Crippen LogP contribution is 2.22. The van der Waals surface area contributed by atoms with E-state index in [1.807, 2.05) is 54.6 Å². The van der Waals surface area contributed by atoms with Crippen LogP contribution in [0, 0.1) is 0 Å². The molecule has 1 N–H and O–H groups in total. The minimum Gasteiger partial charge on any atom is -0.465 e. The summed E-state index contributed by atoms with van der Waals surface area (Å²) in [4.78, 5) is 23.6. The van der Waals surface area contributed by atoms with Gasteiger partial charge >= 0.3 is 5.97 Å². The van der Waals surface area contributed by atoms with Gasteiger partial charge in [-0.1, -0.05) is 42.5 Å². The summed E-state index contributed by atoms with van der Waals surface area (Å²) in [6.45, 7) is 0. The van der Waals surface area contributed by atoms with Crippen molar-refractivity contribution in [3.63, 3.8) is 0 Å². The summed E-state index contributed by atoms with van der Waals surface area (Å²) in [5.41, 5.74) is 3.83. The third kappa shape index (κ3) is 3.93. The van der Waals surface area contributed by atoms with Gasteiger partial charge in [-0.05, 0) is 47.5 Å². The van der Waals surface area contributed by atoms with E-state index in [0.29, 0.717) is 11.1 Å². The summed E-state index contributed by atoms with van der Waals surface area (Å²) >= 11 is 0. The van der Waals surface area contributed by atoms with Crippen LogP contribution in [0.25, 0.3) is 11.1 Å². The molecule has 0 aliphatic heterocycles. The summed E-state index contributed by atoms with van der Waals surface area (Å²) in [7, 11) is 1.36. The summed E-state index contributed by atoms with van der Waals surface area (Å²) in [6.07, 6.45) is 0. The molecule has 0 aromatic heterocycles. The number of esters is 1. The van der Waals surface area contributed by atoms with Crippen LogP contribution in [-0.4, -0.2) is 19.0 Å². The van der Waals surface area contributed by atoms with E-state index in [4.69, 9.17) is 4.74 Å². The van der Waals surface area contributed by atoms with Crippen LogP contribution in [0.3, 0.4) is 0 Å². The van der Waals surface area contributed by atoms with Gasteiger partial charge in [-0.15, -0.1) is 0 Å². The van der Waals surface area contributed by atoms with Gasteiger partial charge in [0.05, 0.1) is 12.7 Å². The van der Waals surface area contributed by atoms with Gasteiger partial charge < -0.3 is 10.1 Å². The van der Waals surface area contributed by atoms with Crippen molar-refractivity contribution in [3.8, 4) is 11.1 Å². The van der Waals surface area contributed by atoms with Crippen molar-refractivity contribution in [1.82, 2.24) is 0 Å². The largest absolute Gasteiger partial charge is 0.465 e. The maximum absolute atomic E-state index is 12.1. The number of amides is 1. The van der Waals surface area contributed by atoms with E-state index in [9.17, 15) is 9.59 Å². The highest BCUT2D eigenvalue weighted by atomic mass is 16.5. The molecule has 0 spiro atoms. The summed E-state index contributed by atoms with van der Waals surface area (Å²) in [5.74, 6) is -0.499. The molecule has 3 aromatic carbocycles. The topological polar surface area (TPSA) is 55.4 Å². The molecule has 3 aromatic rings. The minimum atomic E-state index is -0.356. The number of rotatable bonds is 4. The number of benzene rings is 3. The molecule has 3 rings (SSSR count). The van der Waals surface area contributed by atoms with Crippen molar-refractivity contribution in [2.45, 2.75) is 0 Å². The smallest absolute Gasteiger partial charge is 0.337 e. The second-order valence-corrected chi connectivity index (χ2v) is 5.47. The van der Waals surface area contributed by atoms with Gasteiger partial charge in [0.2, 0.25) is 0 Å². The molecule has 25 heavy (non-hydrogen) atoms. The van der Waals surface area contributed by atoms with Crippen molar-refractivity contribution in [1.29, 1.82) is 0 Å². The quantitative estimate of drug-likeness (QED) is 0.721. The summed E-state index contributed by atoms with van der Waals surface area (Å²) < 4.78 is 4.69. The fourth-order valence-electron chi connectivity index (χ4n) is 2.46. The zero-order valence-corrected chi connectivity index (χ0v) is 13.7. The zero-order chi connectivity index (χ0) is 17.6. The number of methoxy groups -OCH3 is 1. The SMILES string of the molecule is COC(=O)c1ccc(-c2ccc(NC(=O)c3ccccc3)cc2)cc1. The van der Waals surface area contributed by atoms with Crippen LogP contribution in [0.1, 0.15) is 20.7 Å². The van der Waals surface area contributed by atoms with Crippen molar-refractivity contribution in [3.05, 3.63) is 90.0 Å². The van der Waals surface area contributed by atoms with Crippen LogP contribution < -0.4 is 5.32 Å². The van der Waals surface area contributed by atoms with Crippen molar-refractivity contribution in [2.24, 2.45) is 0 Å². The highest BCUT2D eigenvalue weighted by Gasteiger charge is 2.07. The summed E-state index contributed by atoms with van der Waals surface area (Å²) in [5, 5.41) is 2.87. The van der Waals surface area contributed by atoms with Crippen molar-refractivity contribution >= 4 is 17.6 Å². The van der Waals surface area contributed by atoms with Gasteiger partial charge in [-0.3, -0.25) is 4.79 Å². The first-order chi connectivity index (χ1) is 12.2. The fourth-order valence-corrected chi connectivity index (χ4v) is 2.46. The Hall–Kier alpha value is -3.40. The Balaban J connectivity index is 1.72. The second-order valence-electron chi connectivity index (χ2n) is 5.47. The van der Waals surface area contributed by atoms with Gasteiger partial charge in [0.15, 0.2) is 0 Å². The lowest BCUT2D eigenvalue weighted by Gasteiger charge is -2.07. The standard InChI is InChI=1S/C21H17NO3/c1-25-21(24)18-9-7-15(8-10-18)16-11-13-19(14-12-16)22-20(23)17-5-3-2-4-6-17/h2-14H,1H3,(H,22,23). The lowest BCUT2D eigenvalue weighted by atomic mass is 10.0. The van der Waals surface area contributed by atoms with Crippen LogP contribution in [0.5, 0.6) is 0 Å². The van der Waals surface area contributed by atoms with E-state index in [-0.39, 0.29) is 11.9 Å². The van der Waals surface area contributed by atoms with Crippen LogP contribution in [0.15, 0.2) is 78.9 Å². The average molecular weight is 331 g/mol. The predicted molar refractivity (Wildman–Crippen MR) is 97.6 cm³/mol. The molecule has 0 aliphatic rings. The molecular formula is C21H17NO3. The molecule has 4 heteroatoms. The van der Waals surface area contributed by atoms with Crippen molar-refractivity contribution in [2.75, 3.05) is 12.4 Å². The molecule has 0 fully saturated rings. The molecule has 0 heterocycles. The Morgan fingerprint density at radius 2 is 1.28 bits per heavy atom. The van der Waals surface area contributed by atoms with Crippen molar-refractivity contribution < 1.29 is 14.3 Å². The third-order valence-electron chi connectivity index (χ3n) is 3.82. The Bertz CT molecular complexity index is 869. The number of carbonyl (C=O) groups excluding carboxylic acids is 2. The first-order valence-corrected chi connectivity index (χ1v) is 7.82. The van der Waals surface area contributed by atoms with E-state index in [1.165, 1.54) is 7.11 Å². The predicted octanol–water partition coefficient (Wildman–Crippen LogP) is 4.39. The van der Waals surface area contributed by atoms with Gasteiger partial charge in [0, 0.05) is 11.3 Å². The lowest BCUT2D eigenvalue weighted by molar-refractivity contribution is 0.0600. The monoisotopic (exact) mass is 331 g/mol. The molecular weight excluding hydrogens is 314 g/mol. The van der Waals surface area contributed by atoms with E-state index >= 15 is 0 Å². The number of hydrogen-bond acceptors (Lipinski definition) is 3. The molecule has 0 radical (unpaired) electrons. The Kier molecular flexibility index (Phi) is 4.90. The van der Waals surface area contributed by atoms with Crippen LogP contribution in [0.4, 0.5) is 5.69 Å². The second kappa shape index (κ2) is 7.45. The third-order valence-corrected chi connectivity index (χ3v) is 3.82. The highest BCUT2D eigenvalue weighted by molar-refractivity contribution is 6.04. The molecule has 4 nitrogen and oxygen atoms in total. The number of carbonyl (C=O) groups is 2. The Morgan fingerprint density at radius 1 is 0.720 bits per heavy atom. The van der Waals surface area contributed by atoms with Gasteiger partial charge in [0.1, 0.15) is 0 Å².